The first-order valence-corrected chi connectivity index (χ1v) is 17.8. The topological polar surface area (TPSA) is 23.0 Å². The molecule has 0 N–H and O–H groups in total. The van der Waals surface area contributed by atoms with Gasteiger partial charge in [-0.25, -0.2) is 0 Å². The molecule has 0 aliphatic heterocycles. The summed E-state index contributed by atoms with van der Waals surface area (Å²) in [6, 6.07) is 7.98. The molecule has 0 unspecified atom stereocenters. The fraction of sp³-hybridized carbons (Fsp3) is 0. The van der Waals surface area contributed by atoms with E-state index < -0.39 is 165 Å². The molecule has 3 heterocycles. The van der Waals surface area contributed by atoms with Crippen molar-refractivity contribution >= 4 is 65.6 Å². The van der Waals surface area contributed by atoms with Gasteiger partial charge in [0.1, 0.15) is 11.2 Å². The summed E-state index contributed by atoms with van der Waals surface area (Å²) in [5.74, 6) is 0. The van der Waals surface area contributed by atoms with Crippen molar-refractivity contribution in [1.29, 1.82) is 0 Å². The fourth-order valence-corrected chi connectivity index (χ4v) is 7.63. The quantitative estimate of drug-likeness (QED) is 0.172. The number of para-hydroxylation sites is 2. The summed E-state index contributed by atoms with van der Waals surface area (Å²) < 4.78 is 202. The Morgan fingerprint density at radius 3 is 1.63 bits per heavy atom. The zero-order valence-corrected chi connectivity index (χ0v) is 29.3. The summed E-state index contributed by atoms with van der Waals surface area (Å²) in [4.78, 5) is 0. The molecule has 0 aliphatic carbocycles. The Morgan fingerprint density at radius 1 is 0.368 bits per heavy atom. The third kappa shape index (κ3) is 4.86. The van der Waals surface area contributed by atoms with E-state index in [1.807, 2.05) is 0 Å². The Balaban J connectivity index is 1.24. The summed E-state index contributed by atoms with van der Waals surface area (Å²) in [6.07, 6.45) is 0. The van der Waals surface area contributed by atoms with Gasteiger partial charge in [-0.3, -0.25) is 0 Å². The lowest BCUT2D eigenvalue weighted by atomic mass is 9.98. The van der Waals surface area contributed by atoms with E-state index in [1.54, 1.807) is 78.9 Å². The van der Waals surface area contributed by atoms with Crippen LogP contribution in [0, 0.1) is 0 Å². The van der Waals surface area contributed by atoms with Gasteiger partial charge in [-0.1, -0.05) is 139 Å². The lowest BCUT2D eigenvalue weighted by molar-refractivity contribution is 0.669. The normalized spacial score (nSPS) is 17.0. The first-order chi connectivity index (χ1) is 37.0. The second-order valence-electron chi connectivity index (χ2n) is 13.3. The highest BCUT2D eigenvalue weighted by molar-refractivity contribution is 6.18. The summed E-state index contributed by atoms with van der Waals surface area (Å²) in [6.45, 7) is 0. The van der Waals surface area contributed by atoms with Crippen molar-refractivity contribution in [3.63, 3.8) is 0 Å². The molecule has 0 radical (unpaired) electrons. The summed E-state index contributed by atoms with van der Waals surface area (Å²) >= 11 is 0. The summed E-state index contributed by atoms with van der Waals surface area (Å²) in [5, 5.41) is -1.71. The molecule has 0 saturated carbocycles. The van der Waals surface area contributed by atoms with Crippen LogP contribution in [0.15, 0.2) is 210 Å². The van der Waals surface area contributed by atoms with E-state index in [4.69, 9.17) is 19.5 Å². The van der Waals surface area contributed by atoms with Crippen LogP contribution in [0.1, 0.15) is 28.8 Å². The molecule has 0 spiro atoms. The van der Waals surface area contributed by atoms with Crippen LogP contribution in [0.2, 0.25) is 0 Å². The van der Waals surface area contributed by atoms with Gasteiger partial charge in [0, 0.05) is 32.6 Å². The van der Waals surface area contributed by atoms with Crippen molar-refractivity contribution in [3.8, 4) is 44.8 Å². The molecule has 3 nitrogen and oxygen atoms in total. The Kier molecular flexibility index (Phi) is 3.81. The van der Waals surface area contributed by atoms with Crippen LogP contribution < -0.4 is 0 Å². The second kappa shape index (κ2) is 12.5. The average molecular weight is 748 g/mol. The molecule has 9 aromatic carbocycles. The third-order valence-corrected chi connectivity index (χ3v) is 10.1. The number of furan rings is 1. The Labute approximate surface area is 358 Å². The van der Waals surface area contributed by atoms with E-state index >= 15 is 0 Å². The highest BCUT2D eigenvalue weighted by Crippen LogP contribution is 2.43. The lowest BCUT2D eigenvalue weighted by Crippen LogP contribution is -1.95. The average Bonchev–Trinajstić information content (AvgIpc) is 4.20. The fourth-order valence-electron chi connectivity index (χ4n) is 7.63. The Hall–Kier alpha value is -7.62. The molecule has 0 atom stereocenters. The zero-order valence-electron chi connectivity index (χ0n) is 50.3. The van der Waals surface area contributed by atoms with Crippen LogP contribution in [0.4, 0.5) is 0 Å². The zero-order chi connectivity index (χ0) is 55.7. The van der Waals surface area contributed by atoms with Crippen molar-refractivity contribution in [2.45, 2.75) is 0 Å². The molecule has 3 heteroatoms. The van der Waals surface area contributed by atoms with Gasteiger partial charge in [0.2, 0.25) is 0 Å². The number of hydrogen-bond acceptors (Lipinski definition) is 1. The van der Waals surface area contributed by atoms with E-state index in [1.165, 1.54) is 4.57 Å². The number of aromatic nitrogens is 2. The number of rotatable bonds is 5. The first-order valence-electron chi connectivity index (χ1n) is 28.3. The minimum absolute atomic E-state index is 0.00782. The van der Waals surface area contributed by atoms with Crippen LogP contribution in [-0.4, -0.2) is 9.13 Å². The maximum absolute atomic E-state index is 10.1. The van der Waals surface area contributed by atoms with Gasteiger partial charge < -0.3 is 13.6 Å². The largest absolute Gasteiger partial charge is 0.456 e. The van der Waals surface area contributed by atoms with Gasteiger partial charge in [0.15, 0.2) is 0 Å². The molecule has 0 bridgehead atoms. The number of hydrogen-bond donors (Lipinski definition) is 0. The minimum atomic E-state index is -0.874. The lowest BCUT2D eigenvalue weighted by Gasteiger charge is -2.11. The van der Waals surface area contributed by atoms with Crippen LogP contribution >= 0.6 is 0 Å². The molecular weight excluding hydrogens is 693 g/mol. The molecule has 57 heavy (non-hydrogen) atoms. The monoisotopic (exact) mass is 747 g/mol. The van der Waals surface area contributed by atoms with Crippen LogP contribution in [0.3, 0.4) is 0 Å². The van der Waals surface area contributed by atoms with Gasteiger partial charge >= 0.3 is 0 Å². The predicted octanol–water partition coefficient (Wildman–Crippen LogP) is 14.8. The number of nitrogens with zero attached hydrogens (tertiary/aromatic N) is 2. The summed E-state index contributed by atoms with van der Waals surface area (Å²) in [5.41, 5.74) is -1.65. The molecule has 0 fully saturated rings. The van der Waals surface area contributed by atoms with Crippen molar-refractivity contribution in [1.82, 2.24) is 9.13 Å². The maximum Gasteiger partial charge on any atom is 0.137 e. The van der Waals surface area contributed by atoms with Crippen molar-refractivity contribution in [2.24, 2.45) is 0 Å². The number of fused-ring (bicyclic) bond motifs is 9. The molecule has 12 rings (SSSR count). The van der Waals surface area contributed by atoms with Gasteiger partial charge in [-0.15, -0.1) is 0 Å². The van der Waals surface area contributed by atoms with E-state index in [0.717, 1.165) is 15.7 Å². The van der Waals surface area contributed by atoms with E-state index in [9.17, 15) is 13.7 Å². The Bertz CT molecular complexity index is 4720. The number of benzene rings is 9. The van der Waals surface area contributed by atoms with Gasteiger partial charge in [-0.05, 0) is 99.9 Å². The molecule has 0 saturated heterocycles. The molecule has 0 aliphatic rings. The van der Waals surface area contributed by atoms with Gasteiger partial charge in [0.25, 0.3) is 0 Å². The minimum Gasteiger partial charge on any atom is -0.456 e. The molecule has 0 amide bonds. The van der Waals surface area contributed by atoms with Crippen LogP contribution in [-0.2, 0) is 0 Å². The van der Waals surface area contributed by atoms with Crippen LogP contribution in [0.25, 0.3) is 110 Å². The van der Waals surface area contributed by atoms with Crippen molar-refractivity contribution in [2.75, 3.05) is 0 Å². The highest BCUT2D eigenvalue weighted by Gasteiger charge is 2.21. The SMILES string of the molecule is [2H]c1ccc(-c2ccc(-n3c4c([2H])c([2H])c([2H])c([2H])c4c4c([2H])c(-c5c([2H])c([2H])c6c(c5[2H])c5c([2H])c([2H])c([2H])c([2H])c5n6-c5c([2H])c([2H])c([2H])c6oc7c([2H])c([2H])c([2H])c(-c8ccccc8)c7c56)c([2H])c([2H])c43)cc2)cc1. The standard InChI is InChI=1S/C54H34N2O/c1-3-13-35(14-4-1)36-25-29-40(30-26-36)55-46-20-9-7-17-42(46)44-33-38(27-31-48(44)55)39-28-32-49-45(34-39)43-18-8-10-21-47(43)56(49)50-22-12-24-52-54(50)53-41(19-11-23-51(53)57-52)37-15-5-2-6-16-37/h1-34H/i1D,7D,8D,9D,10D,11D,12D,17D,18D,19D,20D,21D,22D,23D,24D,27D,28D,31D,32D,33D,34D. The smallest absolute Gasteiger partial charge is 0.137 e. The molecule has 3 aromatic heterocycles. The van der Waals surface area contributed by atoms with Crippen molar-refractivity contribution < 1.29 is 33.2 Å². The van der Waals surface area contributed by atoms with Crippen molar-refractivity contribution in [3.05, 3.63) is 206 Å². The second-order valence-corrected chi connectivity index (χ2v) is 13.3. The maximum atomic E-state index is 10.1. The predicted molar refractivity (Wildman–Crippen MR) is 239 cm³/mol. The van der Waals surface area contributed by atoms with E-state index in [2.05, 4.69) is 0 Å². The first kappa shape index (κ1) is 17.5. The Morgan fingerprint density at radius 2 is 0.930 bits per heavy atom. The van der Waals surface area contributed by atoms with E-state index in [0.29, 0.717) is 11.6 Å². The highest BCUT2D eigenvalue weighted by atomic mass is 16.3. The van der Waals surface area contributed by atoms with Gasteiger partial charge in [0.05, 0.1) is 61.9 Å². The molecule has 266 valence electrons. The third-order valence-electron chi connectivity index (χ3n) is 10.1. The van der Waals surface area contributed by atoms with E-state index in [-0.39, 0.29) is 49.4 Å². The molecular formula is C54H34N2O. The van der Waals surface area contributed by atoms with Gasteiger partial charge in [-0.2, -0.15) is 0 Å². The van der Waals surface area contributed by atoms with Crippen LogP contribution in [0.5, 0.6) is 0 Å². The summed E-state index contributed by atoms with van der Waals surface area (Å²) in [7, 11) is 0. The molecule has 12 aromatic rings.